The molecule has 4 atom stereocenters. The number of carbonyl (C=O) groups excluding carboxylic acids is 2. The van der Waals surface area contributed by atoms with Crippen molar-refractivity contribution in [2.75, 3.05) is 13.7 Å². The molecule has 1 aromatic heterocycles. The van der Waals surface area contributed by atoms with Crippen molar-refractivity contribution < 1.29 is 19.1 Å². The first kappa shape index (κ1) is 24.4. The molecule has 0 spiro atoms. The van der Waals surface area contributed by atoms with Crippen molar-refractivity contribution in [3.63, 3.8) is 0 Å². The van der Waals surface area contributed by atoms with Crippen LogP contribution in [-0.4, -0.2) is 62.7 Å². The lowest BCUT2D eigenvalue weighted by atomic mass is 9.71. The second kappa shape index (κ2) is 8.29. The van der Waals surface area contributed by atoms with Gasteiger partial charge in [0.15, 0.2) is 0 Å². The van der Waals surface area contributed by atoms with E-state index in [-0.39, 0.29) is 30.6 Å². The maximum absolute atomic E-state index is 14.4. The number of hydrogen-bond acceptors (Lipinski definition) is 6. The Morgan fingerprint density at radius 2 is 1.87 bits per heavy atom. The van der Waals surface area contributed by atoms with Crippen LogP contribution in [0.5, 0.6) is 0 Å². The molecular weight excluding hydrogens is 484 g/mol. The molecule has 0 bridgehead atoms. The van der Waals surface area contributed by atoms with Gasteiger partial charge in [0.25, 0.3) is 0 Å². The minimum atomic E-state index is -1.00. The van der Waals surface area contributed by atoms with Crippen molar-refractivity contribution in [3.8, 4) is 0 Å². The van der Waals surface area contributed by atoms with Crippen LogP contribution in [0.25, 0.3) is 0 Å². The van der Waals surface area contributed by atoms with Crippen molar-refractivity contribution in [2.24, 2.45) is 17.5 Å². The van der Waals surface area contributed by atoms with Crippen molar-refractivity contribution in [2.45, 2.75) is 51.5 Å². The fourth-order valence-corrected chi connectivity index (χ4v) is 6.08. The molecule has 2 unspecified atom stereocenters. The number of amidine groups is 1. The van der Waals surface area contributed by atoms with Crippen LogP contribution in [-0.2, 0) is 21.3 Å². The van der Waals surface area contributed by atoms with Crippen molar-refractivity contribution in [1.29, 1.82) is 0 Å². The van der Waals surface area contributed by atoms with E-state index in [2.05, 4.69) is 10.4 Å². The molecule has 4 aliphatic rings. The Bertz CT molecular complexity index is 1430. The smallest absolute Gasteiger partial charge is 0.330 e. The van der Waals surface area contributed by atoms with Gasteiger partial charge >= 0.3 is 6.03 Å². The molecular formula is C28H32N6O4. The van der Waals surface area contributed by atoms with Crippen LogP contribution in [0, 0.1) is 5.41 Å². The first-order valence-corrected chi connectivity index (χ1v) is 12.8. The van der Waals surface area contributed by atoms with Crippen LogP contribution in [0.1, 0.15) is 50.9 Å². The van der Waals surface area contributed by atoms with Crippen LogP contribution < -0.4 is 5.32 Å². The molecule has 1 N–H and O–H groups in total. The van der Waals surface area contributed by atoms with Gasteiger partial charge in [-0.25, -0.2) is 4.79 Å². The van der Waals surface area contributed by atoms with Gasteiger partial charge in [0, 0.05) is 25.9 Å². The van der Waals surface area contributed by atoms with E-state index in [0.717, 1.165) is 11.1 Å². The molecule has 38 heavy (non-hydrogen) atoms. The number of urea groups is 1. The number of nitrogens with one attached hydrogen (secondary N) is 1. The highest BCUT2D eigenvalue weighted by Crippen LogP contribution is 2.57. The summed E-state index contributed by atoms with van der Waals surface area (Å²) in [5.41, 5.74) is 1.05. The Morgan fingerprint density at radius 3 is 2.50 bits per heavy atom. The van der Waals surface area contributed by atoms with E-state index in [0.29, 0.717) is 23.0 Å². The van der Waals surface area contributed by atoms with E-state index in [1.807, 2.05) is 77.3 Å². The van der Waals surface area contributed by atoms with Gasteiger partial charge in [-0.15, -0.1) is 0 Å². The number of carbonyl (C=O) groups is 2. The molecule has 1 aromatic carbocycles. The van der Waals surface area contributed by atoms with E-state index >= 15 is 0 Å². The predicted octanol–water partition coefficient (Wildman–Crippen LogP) is 3.43. The largest absolute Gasteiger partial charge is 0.494 e. The lowest BCUT2D eigenvalue weighted by Crippen LogP contribution is -2.66. The molecule has 0 radical (unpaired) electrons. The van der Waals surface area contributed by atoms with Crippen LogP contribution >= 0.6 is 0 Å². The number of ether oxygens (including phenoxy) is 2. The third-order valence-corrected chi connectivity index (χ3v) is 7.89. The van der Waals surface area contributed by atoms with Gasteiger partial charge in [-0.2, -0.15) is 5.10 Å². The van der Waals surface area contributed by atoms with Crippen LogP contribution in [0.2, 0.25) is 0 Å². The predicted molar refractivity (Wildman–Crippen MR) is 140 cm³/mol. The highest BCUT2D eigenvalue weighted by atomic mass is 16.5. The van der Waals surface area contributed by atoms with E-state index in [1.165, 1.54) is 0 Å². The number of aliphatic imine (C=N–C) groups is 1. The second-order valence-electron chi connectivity index (χ2n) is 10.8. The summed E-state index contributed by atoms with van der Waals surface area (Å²) < 4.78 is 14.1. The Kier molecular flexibility index (Phi) is 5.33. The lowest BCUT2D eigenvalue weighted by molar-refractivity contribution is -0.123. The molecule has 0 saturated carbocycles. The van der Waals surface area contributed by atoms with Crippen LogP contribution in [0.3, 0.4) is 0 Å². The van der Waals surface area contributed by atoms with Crippen molar-refractivity contribution in [1.82, 2.24) is 24.9 Å². The Morgan fingerprint density at radius 1 is 1.13 bits per heavy atom. The Hall–Kier alpha value is -3.92. The molecule has 198 valence electrons. The van der Waals surface area contributed by atoms with Gasteiger partial charge in [0.1, 0.15) is 35.2 Å². The molecule has 10 nitrogen and oxygen atoms in total. The maximum atomic E-state index is 14.4. The zero-order chi connectivity index (χ0) is 27.0. The average Bonchev–Trinajstić information content (AvgIpc) is 3.50. The lowest BCUT2D eigenvalue weighted by Gasteiger charge is -2.54. The summed E-state index contributed by atoms with van der Waals surface area (Å²) in [6.07, 6.45) is 5.46. The van der Waals surface area contributed by atoms with Crippen LogP contribution in [0.15, 0.2) is 70.9 Å². The fourth-order valence-electron chi connectivity index (χ4n) is 6.08. The average molecular weight is 517 g/mol. The number of rotatable bonds is 5. The fraction of sp³-hybridized carbons (Fsp3) is 0.429. The molecule has 1 saturated heterocycles. The minimum Gasteiger partial charge on any atom is -0.494 e. The summed E-state index contributed by atoms with van der Waals surface area (Å²) in [5, 5.41) is 7.41. The summed E-state index contributed by atoms with van der Waals surface area (Å²) in [6, 6.07) is 8.83. The SMILES string of the molecule is COC1(C)C=C(OC(C)C)C2(C)C3=N[C@H](c4ccccc4)[C@H](c4cnn(C)c4)N3C(=O)N3CC(=O)NC1=C32. The number of amides is 3. The standard InChI is InChI=1S/C28H32N6O4/c1-16(2)38-19-12-27(3,37-6)23-24-28(19,4)25-31-21(17-10-8-7-9-11-17)22(18-13-29-32(5)14-18)34(25)26(36)33(24)15-20(35)30-23/h7-14,16,21-22H,15H2,1-6H3,(H,30,35)/t21-,22+,27?,28?/m1/s1. The summed E-state index contributed by atoms with van der Waals surface area (Å²) in [5.74, 6) is 0.934. The molecule has 3 aliphatic heterocycles. The Balaban J connectivity index is 1.63. The number of aromatic nitrogens is 2. The first-order valence-electron chi connectivity index (χ1n) is 12.8. The molecule has 10 heteroatoms. The molecule has 2 aromatic rings. The number of methoxy groups -OCH3 is 1. The third kappa shape index (κ3) is 3.29. The van der Waals surface area contributed by atoms with Crippen LogP contribution in [0.4, 0.5) is 4.79 Å². The van der Waals surface area contributed by atoms with Gasteiger partial charge in [-0.3, -0.25) is 24.3 Å². The number of fused-ring (bicyclic) bond motifs is 2. The Labute approximate surface area is 221 Å². The molecule has 1 fully saturated rings. The third-order valence-electron chi connectivity index (χ3n) is 7.89. The van der Waals surface area contributed by atoms with E-state index < -0.39 is 17.1 Å². The number of benzene rings is 1. The summed E-state index contributed by atoms with van der Waals surface area (Å²) in [7, 11) is 3.43. The highest BCUT2D eigenvalue weighted by Gasteiger charge is 2.63. The molecule has 6 rings (SSSR count). The summed E-state index contributed by atoms with van der Waals surface area (Å²) in [4.78, 5) is 35.9. The van der Waals surface area contributed by atoms with E-state index in [4.69, 9.17) is 14.5 Å². The number of aryl methyl sites for hydroxylation is 1. The normalized spacial score (nSPS) is 30.2. The van der Waals surface area contributed by atoms with Gasteiger partial charge in [0.2, 0.25) is 5.91 Å². The van der Waals surface area contributed by atoms with Gasteiger partial charge < -0.3 is 14.8 Å². The summed E-state index contributed by atoms with van der Waals surface area (Å²) >= 11 is 0. The molecule has 4 heterocycles. The minimum absolute atomic E-state index is 0.110. The quantitative estimate of drug-likeness (QED) is 0.656. The van der Waals surface area contributed by atoms with E-state index in [1.54, 1.807) is 27.8 Å². The van der Waals surface area contributed by atoms with E-state index in [9.17, 15) is 9.59 Å². The van der Waals surface area contributed by atoms with Gasteiger partial charge in [0.05, 0.1) is 29.7 Å². The first-order chi connectivity index (χ1) is 18.1. The highest BCUT2D eigenvalue weighted by molar-refractivity contribution is 6.11. The zero-order valence-electron chi connectivity index (χ0n) is 22.4. The number of nitrogens with zero attached hydrogens (tertiary/aromatic N) is 5. The van der Waals surface area contributed by atoms with Gasteiger partial charge in [-0.05, 0) is 39.3 Å². The van der Waals surface area contributed by atoms with Crippen molar-refractivity contribution >= 4 is 17.8 Å². The van der Waals surface area contributed by atoms with Crippen molar-refractivity contribution in [3.05, 3.63) is 77.1 Å². The molecule has 1 aliphatic carbocycles. The topological polar surface area (TPSA) is 101 Å². The summed E-state index contributed by atoms with van der Waals surface area (Å²) in [6.45, 7) is 7.70. The second-order valence-corrected chi connectivity index (χ2v) is 10.8. The van der Waals surface area contributed by atoms with Gasteiger partial charge in [-0.1, -0.05) is 30.3 Å². The monoisotopic (exact) mass is 516 g/mol. The molecule has 3 amide bonds. The zero-order valence-corrected chi connectivity index (χ0v) is 22.4. The number of hydrogen-bond donors (Lipinski definition) is 1. The maximum Gasteiger partial charge on any atom is 0.330 e.